The molecule has 0 bridgehead atoms. The second kappa shape index (κ2) is 6.64. The number of hydrogen-bond acceptors (Lipinski definition) is 5. The molecule has 1 aliphatic rings. The first-order chi connectivity index (χ1) is 9.95. The molecular formula is C14H22N2O4S. The number of aliphatic hydroxyl groups is 1. The second-order valence-corrected chi connectivity index (χ2v) is 7.46. The Kier molecular flexibility index (Phi) is 5.08. The fourth-order valence-corrected chi connectivity index (χ4v) is 3.07. The summed E-state index contributed by atoms with van der Waals surface area (Å²) in [6.45, 7) is 0.589. The third kappa shape index (κ3) is 5.18. The Bertz CT molecular complexity index is 553. The highest BCUT2D eigenvalue weighted by molar-refractivity contribution is 7.89. The number of hydrogen-bond donors (Lipinski definition) is 3. The maximum absolute atomic E-state index is 11.9. The fraction of sp³-hybridized carbons (Fsp3) is 0.571. The maximum atomic E-state index is 11.9. The molecule has 0 heterocycles. The van der Waals surface area contributed by atoms with Crippen molar-refractivity contribution in [3.8, 4) is 5.75 Å². The Hall–Kier alpha value is -1.31. The Labute approximate surface area is 125 Å². The van der Waals surface area contributed by atoms with E-state index >= 15 is 0 Å². The number of sulfonamides is 1. The molecule has 1 saturated carbocycles. The summed E-state index contributed by atoms with van der Waals surface area (Å²) >= 11 is 0. The van der Waals surface area contributed by atoms with Crippen LogP contribution in [-0.2, 0) is 10.0 Å². The summed E-state index contributed by atoms with van der Waals surface area (Å²) in [4.78, 5) is 0. The lowest BCUT2D eigenvalue weighted by atomic mass is 10.0. The van der Waals surface area contributed by atoms with Gasteiger partial charge in [-0.05, 0) is 48.9 Å². The fourth-order valence-electron chi connectivity index (χ4n) is 2.10. The van der Waals surface area contributed by atoms with Crippen LogP contribution in [0.5, 0.6) is 5.75 Å². The van der Waals surface area contributed by atoms with Crippen molar-refractivity contribution in [1.82, 2.24) is 4.72 Å². The Morgan fingerprint density at radius 3 is 2.52 bits per heavy atom. The molecule has 0 amide bonds. The lowest BCUT2D eigenvalue weighted by Gasteiger charge is -2.15. The largest absolute Gasteiger partial charge is 0.492 e. The zero-order chi connectivity index (χ0) is 15.3. The smallest absolute Gasteiger partial charge is 0.214 e. The number of benzene rings is 1. The van der Waals surface area contributed by atoms with Gasteiger partial charge in [-0.1, -0.05) is 0 Å². The van der Waals surface area contributed by atoms with Gasteiger partial charge in [0.2, 0.25) is 10.0 Å². The van der Waals surface area contributed by atoms with Crippen LogP contribution in [0.2, 0.25) is 0 Å². The van der Waals surface area contributed by atoms with Crippen molar-refractivity contribution in [2.24, 2.45) is 5.41 Å². The number of nitrogen functional groups attached to an aromatic ring is 1. The summed E-state index contributed by atoms with van der Waals surface area (Å²) in [7, 11) is -3.35. The van der Waals surface area contributed by atoms with E-state index in [0.717, 1.165) is 12.8 Å². The van der Waals surface area contributed by atoms with Gasteiger partial charge in [-0.2, -0.15) is 0 Å². The van der Waals surface area contributed by atoms with Gasteiger partial charge in [-0.3, -0.25) is 0 Å². The van der Waals surface area contributed by atoms with Crippen molar-refractivity contribution < 1.29 is 18.3 Å². The van der Waals surface area contributed by atoms with Gasteiger partial charge in [0.15, 0.2) is 0 Å². The lowest BCUT2D eigenvalue weighted by Crippen LogP contribution is -2.34. The third-order valence-corrected chi connectivity index (χ3v) is 5.06. The van der Waals surface area contributed by atoms with E-state index in [-0.39, 0.29) is 24.4 Å². The van der Waals surface area contributed by atoms with E-state index in [1.807, 2.05) is 0 Å². The number of ether oxygens (including phenoxy) is 1. The van der Waals surface area contributed by atoms with Crippen LogP contribution in [0, 0.1) is 5.41 Å². The highest BCUT2D eigenvalue weighted by Crippen LogP contribution is 2.47. The van der Waals surface area contributed by atoms with Crippen LogP contribution in [0.3, 0.4) is 0 Å². The summed E-state index contributed by atoms with van der Waals surface area (Å²) in [6, 6.07) is 6.81. The van der Waals surface area contributed by atoms with Gasteiger partial charge >= 0.3 is 0 Å². The van der Waals surface area contributed by atoms with Crippen LogP contribution in [0.15, 0.2) is 24.3 Å². The summed E-state index contributed by atoms with van der Waals surface area (Å²) < 4.78 is 31.7. The molecule has 118 valence electrons. The molecule has 1 aromatic carbocycles. The van der Waals surface area contributed by atoms with Crippen LogP contribution < -0.4 is 15.2 Å². The summed E-state index contributed by atoms with van der Waals surface area (Å²) in [5.74, 6) is 0.505. The molecule has 0 spiro atoms. The van der Waals surface area contributed by atoms with Gasteiger partial charge in [-0.15, -0.1) is 0 Å². The normalized spacial score (nSPS) is 16.6. The van der Waals surface area contributed by atoms with Crippen molar-refractivity contribution in [2.45, 2.75) is 19.3 Å². The molecule has 21 heavy (non-hydrogen) atoms. The molecule has 1 fully saturated rings. The van der Waals surface area contributed by atoms with Crippen molar-refractivity contribution in [3.63, 3.8) is 0 Å². The van der Waals surface area contributed by atoms with Crippen LogP contribution in [-0.4, -0.2) is 39.0 Å². The zero-order valence-electron chi connectivity index (χ0n) is 11.9. The molecule has 4 N–H and O–H groups in total. The van der Waals surface area contributed by atoms with E-state index in [1.165, 1.54) is 0 Å². The van der Waals surface area contributed by atoms with Crippen molar-refractivity contribution in [2.75, 3.05) is 31.2 Å². The standard InChI is InChI=1S/C14H22N2O4S/c15-12-1-3-13(4-2-12)20-9-10-21(18,19)16-11-14(5-6-14)7-8-17/h1-4,16-17H,5-11,15H2. The predicted molar refractivity (Wildman–Crippen MR) is 81.5 cm³/mol. The first-order valence-electron chi connectivity index (χ1n) is 7.01. The first kappa shape index (κ1) is 16.1. The lowest BCUT2D eigenvalue weighted by molar-refractivity contribution is 0.249. The number of aliphatic hydroxyl groups excluding tert-OH is 1. The number of nitrogens with two attached hydrogens (primary N) is 1. The predicted octanol–water partition coefficient (Wildman–Crippen LogP) is 0.730. The van der Waals surface area contributed by atoms with E-state index < -0.39 is 10.0 Å². The molecule has 0 saturated heterocycles. The average molecular weight is 314 g/mol. The summed E-state index contributed by atoms with van der Waals surface area (Å²) in [5.41, 5.74) is 6.16. The Morgan fingerprint density at radius 2 is 1.95 bits per heavy atom. The molecule has 0 unspecified atom stereocenters. The minimum atomic E-state index is -3.35. The number of anilines is 1. The molecule has 1 aromatic rings. The molecule has 0 atom stereocenters. The summed E-state index contributed by atoms with van der Waals surface area (Å²) in [5, 5.41) is 8.95. The molecule has 2 rings (SSSR count). The van der Waals surface area contributed by atoms with Crippen molar-refractivity contribution in [3.05, 3.63) is 24.3 Å². The quantitative estimate of drug-likeness (QED) is 0.583. The van der Waals surface area contributed by atoms with Gasteiger partial charge in [-0.25, -0.2) is 13.1 Å². The third-order valence-electron chi connectivity index (χ3n) is 3.77. The van der Waals surface area contributed by atoms with Gasteiger partial charge < -0.3 is 15.6 Å². The molecule has 6 nitrogen and oxygen atoms in total. The highest BCUT2D eigenvalue weighted by Gasteiger charge is 2.42. The minimum Gasteiger partial charge on any atom is -0.492 e. The molecule has 0 radical (unpaired) electrons. The van der Waals surface area contributed by atoms with Crippen LogP contribution in [0.1, 0.15) is 19.3 Å². The molecule has 1 aliphatic carbocycles. The van der Waals surface area contributed by atoms with Gasteiger partial charge in [0.1, 0.15) is 12.4 Å². The van der Waals surface area contributed by atoms with E-state index in [1.54, 1.807) is 24.3 Å². The van der Waals surface area contributed by atoms with E-state index in [9.17, 15) is 8.42 Å². The highest BCUT2D eigenvalue weighted by atomic mass is 32.2. The van der Waals surface area contributed by atoms with Crippen LogP contribution in [0.4, 0.5) is 5.69 Å². The van der Waals surface area contributed by atoms with Gasteiger partial charge in [0.05, 0.1) is 5.75 Å². The van der Waals surface area contributed by atoms with Gasteiger partial charge in [0, 0.05) is 18.8 Å². The van der Waals surface area contributed by atoms with Crippen LogP contribution >= 0.6 is 0 Å². The molecule has 0 aliphatic heterocycles. The minimum absolute atomic E-state index is 0.0281. The Balaban J connectivity index is 1.72. The van der Waals surface area contributed by atoms with E-state index in [4.69, 9.17) is 15.6 Å². The molecular weight excluding hydrogens is 292 g/mol. The maximum Gasteiger partial charge on any atom is 0.214 e. The Morgan fingerprint density at radius 1 is 1.29 bits per heavy atom. The summed E-state index contributed by atoms with van der Waals surface area (Å²) in [6.07, 6.45) is 2.59. The van der Waals surface area contributed by atoms with Crippen molar-refractivity contribution >= 4 is 15.7 Å². The van der Waals surface area contributed by atoms with Gasteiger partial charge in [0.25, 0.3) is 0 Å². The molecule has 0 aromatic heterocycles. The SMILES string of the molecule is Nc1ccc(OCCS(=O)(=O)NCC2(CCO)CC2)cc1. The zero-order valence-corrected chi connectivity index (χ0v) is 12.7. The van der Waals surface area contributed by atoms with E-state index in [2.05, 4.69) is 4.72 Å². The van der Waals surface area contributed by atoms with Crippen molar-refractivity contribution in [1.29, 1.82) is 0 Å². The topological polar surface area (TPSA) is 102 Å². The second-order valence-electron chi connectivity index (χ2n) is 5.53. The number of rotatable bonds is 9. The molecule has 7 heteroatoms. The first-order valence-corrected chi connectivity index (χ1v) is 8.67. The number of nitrogens with one attached hydrogen (secondary N) is 1. The van der Waals surface area contributed by atoms with Crippen LogP contribution in [0.25, 0.3) is 0 Å². The average Bonchev–Trinajstić information content (AvgIpc) is 3.20. The monoisotopic (exact) mass is 314 g/mol. The van der Waals surface area contributed by atoms with E-state index in [0.29, 0.717) is 24.4 Å².